The minimum Gasteiger partial charge on any atom is -0.339 e. The summed E-state index contributed by atoms with van der Waals surface area (Å²) in [5.74, 6) is 0.0354. The second kappa shape index (κ2) is 9.39. The first-order valence-corrected chi connectivity index (χ1v) is 9.99. The van der Waals surface area contributed by atoms with Crippen LogP contribution < -0.4 is 10.6 Å². The van der Waals surface area contributed by atoms with Crippen LogP contribution >= 0.6 is 0 Å². The number of H-pyrrole nitrogens is 1. The quantitative estimate of drug-likeness (QED) is 0.738. The molecule has 0 spiro atoms. The normalized spacial score (nSPS) is 15.6. The van der Waals surface area contributed by atoms with E-state index in [0.29, 0.717) is 17.7 Å². The van der Waals surface area contributed by atoms with Crippen molar-refractivity contribution in [2.45, 2.75) is 52.0 Å². The minimum atomic E-state index is -0.292. The molecule has 1 aromatic carbocycles. The van der Waals surface area contributed by atoms with Gasteiger partial charge in [-0.25, -0.2) is 4.79 Å². The number of aromatic nitrogens is 2. The van der Waals surface area contributed by atoms with Crippen molar-refractivity contribution in [2.24, 2.45) is 0 Å². The third-order valence-electron chi connectivity index (χ3n) is 4.91. The topological polar surface area (TPSA) is 90.1 Å². The van der Waals surface area contributed by atoms with Crippen molar-refractivity contribution in [2.75, 3.05) is 18.4 Å². The highest BCUT2D eigenvalue weighted by molar-refractivity contribution is 5.97. The maximum absolute atomic E-state index is 12.8. The molecule has 1 aliphatic heterocycles. The first-order chi connectivity index (χ1) is 13.5. The van der Waals surface area contributed by atoms with Crippen molar-refractivity contribution < 1.29 is 9.59 Å². The Morgan fingerprint density at radius 2 is 1.93 bits per heavy atom. The van der Waals surface area contributed by atoms with Crippen LogP contribution in [0.2, 0.25) is 0 Å². The summed E-state index contributed by atoms with van der Waals surface area (Å²) in [5, 5.41) is 12.8. The second-order valence-electron chi connectivity index (χ2n) is 7.53. The SMILES string of the molecule is Cc1cc(C[C@@H](C)NC(=O)Nc2cccc(C(=O)N3CCCCCC3)c2)n[nH]1. The van der Waals surface area contributed by atoms with Crippen LogP contribution in [0.15, 0.2) is 30.3 Å². The number of nitrogens with one attached hydrogen (secondary N) is 3. The Bertz CT molecular complexity index is 809. The molecule has 1 fully saturated rings. The van der Waals surface area contributed by atoms with Gasteiger partial charge in [0, 0.05) is 42.5 Å². The average Bonchev–Trinajstić information content (AvgIpc) is 2.91. The fraction of sp³-hybridized carbons (Fsp3) is 0.476. The average molecular weight is 383 g/mol. The summed E-state index contributed by atoms with van der Waals surface area (Å²) in [5.41, 5.74) is 3.13. The van der Waals surface area contributed by atoms with Gasteiger partial charge in [0.2, 0.25) is 0 Å². The lowest BCUT2D eigenvalue weighted by molar-refractivity contribution is 0.0761. The zero-order valence-corrected chi connectivity index (χ0v) is 16.6. The maximum atomic E-state index is 12.8. The van der Waals surface area contributed by atoms with Gasteiger partial charge in [-0.2, -0.15) is 5.10 Å². The second-order valence-corrected chi connectivity index (χ2v) is 7.53. The first-order valence-electron chi connectivity index (χ1n) is 9.99. The number of likely N-dealkylation sites (tertiary alicyclic amines) is 1. The van der Waals surface area contributed by atoms with E-state index in [1.54, 1.807) is 24.3 Å². The lowest BCUT2D eigenvalue weighted by Gasteiger charge is -2.20. The summed E-state index contributed by atoms with van der Waals surface area (Å²) in [7, 11) is 0. The van der Waals surface area contributed by atoms with Gasteiger partial charge in [0.1, 0.15) is 0 Å². The number of aromatic amines is 1. The van der Waals surface area contributed by atoms with E-state index >= 15 is 0 Å². The Morgan fingerprint density at radius 1 is 1.18 bits per heavy atom. The van der Waals surface area contributed by atoms with Crippen molar-refractivity contribution in [1.82, 2.24) is 20.4 Å². The molecule has 0 unspecified atom stereocenters. The Labute approximate surface area is 165 Å². The summed E-state index contributed by atoms with van der Waals surface area (Å²) in [6.07, 6.45) is 5.12. The molecule has 1 aromatic heterocycles. The molecule has 2 aromatic rings. The molecule has 0 saturated carbocycles. The summed E-state index contributed by atoms with van der Waals surface area (Å²) in [6, 6.07) is 8.75. The van der Waals surface area contributed by atoms with Crippen LogP contribution in [0.1, 0.15) is 54.4 Å². The van der Waals surface area contributed by atoms with E-state index in [1.165, 1.54) is 12.8 Å². The van der Waals surface area contributed by atoms with Crippen LogP contribution in [0, 0.1) is 6.92 Å². The molecule has 150 valence electrons. The van der Waals surface area contributed by atoms with E-state index < -0.39 is 0 Å². The predicted octanol–water partition coefficient (Wildman–Crippen LogP) is 3.49. The Morgan fingerprint density at radius 3 is 2.61 bits per heavy atom. The predicted molar refractivity (Wildman–Crippen MR) is 109 cm³/mol. The number of anilines is 1. The molecule has 1 saturated heterocycles. The van der Waals surface area contributed by atoms with Crippen molar-refractivity contribution in [3.63, 3.8) is 0 Å². The van der Waals surface area contributed by atoms with Crippen molar-refractivity contribution in [3.05, 3.63) is 47.3 Å². The standard InChI is InChI=1S/C21H29N5O2/c1-15(12-19-13-16(2)24-25-19)22-21(28)23-18-9-7-8-17(14-18)20(27)26-10-5-3-4-6-11-26/h7-9,13-15H,3-6,10-12H2,1-2H3,(H,24,25)(H2,22,23,28)/t15-/m1/s1. The third-order valence-corrected chi connectivity index (χ3v) is 4.91. The van der Waals surface area contributed by atoms with Crippen LogP contribution in [0.4, 0.5) is 10.5 Å². The number of carbonyl (C=O) groups is 2. The maximum Gasteiger partial charge on any atom is 0.319 e. The lowest BCUT2D eigenvalue weighted by Crippen LogP contribution is -2.37. The fourth-order valence-corrected chi connectivity index (χ4v) is 3.52. The molecule has 7 heteroatoms. The van der Waals surface area contributed by atoms with Crippen LogP contribution in [0.5, 0.6) is 0 Å². The number of amides is 3. The monoisotopic (exact) mass is 383 g/mol. The number of aryl methyl sites for hydroxylation is 1. The van der Waals surface area contributed by atoms with Gasteiger partial charge >= 0.3 is 6.03 Å². The molecular weight excluding hydrogens is 354 g/mol. The molecular formula is C21H29N5O2. The number of carbonyl (C=O) groups excluding carboxylic acids is 2. The summed E-state index contributed by atoms with van der Waals surface area (Å²) >= 11 is 0. The zero-order chi connectivity index (χ0) is 19.9. The fourth-order valence-electron chi connectivity index (χ4n) is 3.52. The molecule has 0 bridgehead atoms. The van der Waals surface area contributed by atoms with E-state index in [0.717, 1.165) is 37.3 Å². The third kappa shape index (κ3) is 5.58. The highest BCUT2D eigenvalue weighted by atomic mass is 16.2. The van der Waals surface area contributed by atoms with E-state index in [-0.39, 0.29) is 18.0 Å². The van der Waals surface area contributed by atoms with Crippen molar-refractivity contribution in [3.8, 4) is 0 Å². The molecule has 1 atom stereocenters. The number of hydrogen-bond donors (Lipinski definition) is 3. The van der Waals surface area contributed by atoms with Crippen LogP contribution in [-0.2, 0) is 6.42 Å². The van der Waals surface area contributed by atoms with Crippen LogP contribution in [0.25, 0.3) is 0 Å². The highest BCUT2D eigenvalue weighted by Crippen LogP contribution is 2.16. The van der Waals surface area contributed by atoms with E-state index in [9.17, 15) is 9.59 Å². The first kappa shape index (κ1) is 19.9. The van der Waals surface area contributed by atoms with Gasteiger partial charge in [-0.15, -0.1) is 0 Å². The Hall–Kier alpha value is -2.83. The highest BCUT2D eigenvalue weighted by Gasteiger charge is 2.18. The largest absolute Gasteiger partial charge is 0.339 e. The van der Waals surface area contributed by atoms with Crippen molar-refractivity contribution >= 4 is 17.6 Å². The number of nitrogens with zero attached hydrogens (tertiary/aromatic N) is 2. The van der Waals surface area contributed by atoms with Gasteiger partial charge < -0.3 is 15.5 Å². The van der Waals surface area contributed by atoms with E-state index in [2.05, 4.69) is 20.8 Å². The van der Waals surface area contributed by atoms with E-state index in [1.807, 2.05) is 24.8 Å². The smallest absolute Gasteiger partial charge is 0.319 e. The van der Waals surface area contributed by atoms with Gasteiger partial charge in [0.25, 0.3) is 5.91 Å². The van der Waals surface area contributed by atoms with Crippen molar-refractivity contribution in [1.29, 1.82) is 0 Å². The lowest BCUT2D eigenvalue weighted by atomic mass is 10.1. The molecule has 28 heavy (non-hydrogen) atoms. The summed E-state index contributed by atoms with van der Waals surface area (Å²) < 4.78 is 0. The van der Waals surface area contributed by atoms with E-state index in [4.69, 9.17) is 0 Å². The number of hydrogen-bond acceptors (Lipinski definition) is 3. The molecule has 3 rings (SSSR count). The number of benzene rings is 1. The van der Waals surface area contributed by atoms with Gasteiger partial charge in [-0.05, 0) is 51.0 Å². The molecule has 1 aliphatic rings. The molecule has 7 nitrogen and oxygen atoms in total. The molecule has 0 aliphatic carbocycles. The molecule has 2 heterocycles. The van der Waals surface area contributed by atoms with Gasteiger partial charge in [0.15, 0.2) is 0 Å². The van der Waals surface area contributed by atoms with Gasteiger partial charge in [0.05, 0.1) is 5.69 Å². The Balaban J connectivity index is 1.55. The van der Waals surface area contributed by atoms with Crippen LogP contribution in [-0.4, -0.2) is 46.2 Å². The molecule has 3 amide bonds. The number of urea groups is 1. The Kier molecular flexibility index (Phi) is 6.68. The van der Waals surface area contributed by atoms with Gasteiger partial charge in [-0.3, -0.25) is 9.89 Å². The van der Waals surface area contributed by atoms with Gasteiger partial charge in [-0.1, -0.05) is 18.9 Å². The molecule has 3 N–H and O–H groups in total. The zero-order valence-electron chi connectivity index (χ0n) is 16.6. The number of rotatable bonds is 5. The minimum absolute atomic E-state index is 0.0354. The summed E-state index contributed by atoms with van der Waals surface area (Å²) in [4.78, 5) is 27.0. The summed E-state index contributed by atoms with van der Waals surface area (Å²) in [6.45, 7) is 5.49. The van der Waals surface area contributed by atoms with Crippen LogP contribution in [0.3, 0.4) is 0 Å². The molecule has 0 radical (unpaired) electrons.